The molecule has 3 amide bonds. The number of urea groups is 1. The molecule has 4 rings (SSSR count). The minimum absolute atomic E-state index is 0.316. The van der Waals surface area contributed by atoms with Crippen LogP contribution in [0.15, 0.2) is 54.6 Å². The third-order valence-corrected chi connectivity index (χ3v) is 5.30. The van der Waals surface area contributed by atoms with E-state index in [1.807, 2.05) is 30.3 Å². The number of nitrogens with zero attached hydrogens (tertiary/aromatic N) is 6. The van der Waals surface area contributed by atoms with E-state index in [-0.39, 0.29) is 0 Å². The maximum Gasteiger partial charge on any atom is 0.332 e. The number of tetrazole rings is 1. The van der Waals surface area contributed by atoms with Gasteiger partial charge >= 0.3 is 6.03 Å². The van der Waals surface area contributed by atoms with Crippen LogP contribution in [-0.2, 0) is 17.8 Å². The fourth-order valence-corrected chi connectivity index (χ4v) is 3.66. The Morgan fingerprint density at radius 2 is 1.74 bits per heavy atom. The number of amides is 3. The zero-order valence-electron chi connectivity index (χ0n) is 17.2. The maximum atomic E-state index is 13.4. The molecule has 1 atom stereocenters. The topological polar surface area (TPSA) is 84.2 Å². The highest BCUT2D eigenvalue weighted by atomic mass is 19.1. The molecule has 1 saturated heterocycles. The first-order chi connectivity index (χ1) is 15.1. The van der Waals surface area contributed by atoms with Crippen LogP contribution >= 0.6 is 0 Å². The lowest BCUT2D eigenvalue weighted by Gasteiger charge is -2.21. The number of anilines is 1. The van der Waals surface area contributed by atoms with Crippen molar-refractivity contribution in [3.05, 3.63) is 71.8 Å². The summed E-state index contributed by atoms with van der Waals surface area (Å²) < 4.78 is 15.0. The number of aromatic nitrogens is 4. The van der Waals surface area contributed by atoms with Gasteiger partial charge in [-0.05, 0) is 53.1 Å². The molecule has 0 radical (unpaired) electrons. The second kappa shape index (κ2) is 9.03. The second-order valence-electron chi connectivity index (χ2n) is 7.38. The summed E-state index contributed by atoms with van der Waals surface area (Å²) in [6.45, 7) is 2.92. The molecule has 0 aliphatic carbocycles. The second-order valence-corrected chi connectivity index (χ2v) is 7.38. The van der Waals surface area contributed by atoms with Crippen LogP contribution in [0.4, 0.5) is 14.9 Å². The molecule has 1 fully saturated rings. The maximum absolute atomic E-state index is 13.4. The van der Waals surface area contributed by atoms with Crippen LogP contribution in [0, 0.1) is 5.82 Å². The van der Waals surface area contributed by atoms with Gasteiger partial charge < -0.3 is 4.90 Å². The summed E-state index contributed by atoms with van der Waals surface area (Å²) in [6.07, 6.45) is 2.36. The van der Waals surface area contributed by atoms with Crippen LogP contribution in [-0.4, -0.2) is 43.6 Å². The molecule has 1 aliphatic heterocycles. The summed E-state index contributed by atoms with van der Waals surface area (Å²) in [5, 5.41) is 11.8. The average molecular weight is 422 g/mol. The Morgan fingerprint density at radius 1 is 1.00 bits per heavy atom. The fraction of sp³-hybridized carbons (Fsp3) is 0.318. The van der Waals surface area contributed by atoms with Crippen LogP contribution < -0.4 is 4.90 Å². The summed E-state index contributed by atoms with van der Waals surface area (Å²) in [4.78, 5) is 29.3. The minimum Gasteiger partial charge on any atom is -0.304 e. The van der Waals surface area contributed by atoms with Crippen LogP contribution in [0.2, 0.25) is 0 Å². The van der Waals surface area contributed by atoms with Gasteiger partial charge in [-0.1, -0.05) is 43.7 Å². The molecule has 0 N–H and O–H groups in total. The molecule has 0 saturated carbocycles. The smallest absolute Gasteiger partial charge is 0.304 e. The zero-order valence-corrected chi connectivity index (χ0v) is 17.2. The van der Waals surface area contributed by atoms with Gasteiger partial charge in [0.15, 0.2) is 11.9 Å². The third-order valence-electron chi connectivity index (χ3n) is 5.30. The molecular weight excluding hydrogens is 399 g/mol. The first-order valence-corrected chi connectivity index (χ1v) is 10.3. The molecule has 2 aromatic carbocycles. The van der Waals surface area contributed by atoms with Gasteiger partial charge in [0.05, 0.1) is 5.69 Å². The summed E-state index contributed by atoms with van der Waals surface area (Å²) >= 11 is 0. The van der Waals surface area contributed by atoms with Gasteiger partial charge in [-0.2, -0.15) is 0 Å². The van der Waals surface area contributed by atoms with Gasteiger partial charge in [0, 0.05) is 13.1 Å². The molecule has 1 aliphatic rings. The molecule has 3 aromatic rings. The average Bonchev–Trinajstić information content (AvgIpc) is 3.33. The summed E-state index contributed by atoms with van der Waals surface area (Å²) in [5.41, 5.74) is 1.36. The number of rotatable bonds is 8. The van der Waals surface area contributed by atoms with E-state index in [2.05, 4.69) is 22.4 Å². The highest BCUT2D eigenvalue weighted by Gasteiger charge is 2.49. The van der Waals surface area contributed by atoms with E-state index in [9.17, 15) is 14.0 Å². The van der Waals surface area contributed by atoms with Crippen molar-refractivity contribution in [1.82, 2.24) is 25.1 Å². The van der Waals surface area contributed by atoms with Gasteiger partial charge in [0.1, 0.15) is 5.82 Å². The number of carbonyl (C=O) groups excluding carboxylic acids is 2. The van der Waals surface area contributed by atoms with Crippen molar-refractivity contribution in [2.24, 2.45) is 0 Å². The van der Waals surface area contributed by atoms with Gasteiger partial charge in [-0.15, -0.1) is 5.10 Å². The Bertz CT molecular complexity index is 1050. The summed E-state index contributed by atoms with van der Waals surface area (Å²) in [6, 6.07) is 13.6. The number of hydrogen-bond acceptors (Lipinski definition) is 5. The first kappa shape index (κ1) is 20.6. The predicted molar refractivity (Wildman–Crippen MR) is 112 cm³/mol. The van der Waals surface area contributed by atoms with Crippen molar-refractivity contribution in [1.29, 1.82) is 0 Å². The van der Waals surface area contributed by atoms with E-state index < -0.39 is 23.8 Å². The summed E-state index contributed by atoms with van der Waals surface area (Å²) in [5.74, 6) is -0.550. The Morgan fingerprint density at radius 3 is 2.45 bits per heavy atom. The number of imide groups is 1. The fourth-order valence-electron chi connectivity index (χ4n) is 3.66. The van der Waals surface area contributed by atoms with Crippen molar-refractivity contribution in [3.8, 4) is 0 Å². The molecule has 2 heterocycles. The first-order valence-electron chi connectivity index (χ1n) is 10.3. The van der Waals surface area contributed by atoms with E-state index in [1.165, 1.54) is 29.2 Å². The van der Waals surface area contributed by atoms with Gasteiger partial charge in [0.2, 0.25) is 0 Å². The van der Waals surface area contributed by atoms with Gasteiger partial charge in [-0.3, -0.25) is 4.79 Å². The lowest BCUT2D eigenvalue weighted by molar-refractivity contribution is -0.120. The number of halogens is 1. The van der Waals surface area contributed by atoms with Crippen molar-refractivity contribution in [2.45, 2.75) is 38.8 Å². The van der Waals surface area contributed by atoms with Crippen LogP contribution in [0.5, 0.6) is 0 Å². The van der Waals surface area contributed by atoms with Crippen molar-refractivity contribution in [3.63, 3.8) is 0 Å². The van der Waals surface area contributed by atoms with Crippen molar-refractivity contribution < 1.29 is 14.0 Å². The van der Waals surface area contributed by atoms with Crippen LogP contribution in [0.3, 0.4) is 0 Å². The Balaban J connectivity index is 1.68. The largest absolute Gasteiger partial charge is 0.332 e. The molecule has 0 spiro atoms. The van der Waals surface area contributed by atoms with Gasteiger partial charge in [0.25, 0.3) is 5.91 Å². The lowest BCUT2D eigenvalue weighted by atomic mass is 10.1. The molecule has 0 bridgehead atoms. The quantitative estimate of drug-likeness (QED) is 0.520. The standard InChI is InChI=1S/C22H23FN6O2/c1-2-3-14-28-20(24-25-26-28)19-21(30)29(18-11-9-17(23)10-12-18)22(31)27(19)15-13-16-7-5-4-6-8-16/h4-12,19H,2-3,13-15H2,1H3. The number of hydrogen-bond donors (Lipinski definition) is 0. The monoisotopic (exact) mass is 422 g/mol. The predicted octanol–water partition coefficient (Wildman–Crippen LogP) is 3.36. The van der Waals surface area contributed by atoms with Crippen LogP contribution in [0.1, 0.15) is 37.2 Å². The van der Waals surface area contributed by atoms with E-state index in [0.29, 0.717) is 31.0 Å². The lowest BCUT2D eigenvalue weighted by Crippen LogP contribution is -2.34. The Hall–Kier alpha value is -3.62. The van der Waals surface area contributed by atoms with Gasteiger partial charge in [-0.25, -0.2) is 18.8 Å². The molecule has 31 heavy (non-hydrogen) atoms. The highest BCUT2D eigenvalue weighted by Crippen LogP contribution is 2.33. The minimum atomic E-state index is -0.937. The number of unbranched alkanes of at least 4 members (excludes halogenated alkanes) is 1. The molecule has 1 aromatic heterocycles. The van der Waals surface area contributed by atoms with E-state index >= 15 is 0 Å². The normalized spacial score (nSPS) is 16.4. The van der Waals surface area contributed by atoms with E-state index in [0.717, 1.165) is 23.3 Å². The third kappa shape index (κ3) is 4.16. The Kier molecular flexibility index (Phi) is 6.01. The molecule has 1 unspecified atom stereocenters. The summed E-state index contributed by atoms with van der Waals surface area (Å²) in [7, 11) is 0. The molecule has 8 nitrogen and oxygen atoms in total. The van der Waals surface area contributed by atoms with E-state index in [1.54, 1.807) is 4.68 Å². The number of carbonyl (C=O) groups is 2. The zero-order chi connectivity index (χ0) is 21.8. The highest BCUT2D eigenvalue weighted by molar-refractivity contribution is 6.21. The van der Waals surface area contributed by atoms with Crippen LogP contribution in [0.25, 0.3) is 0 Å². The molecule has 9 heteroatoms. The SMILES string of the molecule is CCCCn1nnnc1C1C(=O)N(c2ccc(F)cc2)C(=O)N1CCc1ccccc1. The van der Waals surface area contributed by atoms with Crippen molar-refractivity contribution in [2.75, 3.05) is 11.4 Å². The van der Waals surface area contributed by atoms with E-state index in [4.69, 9.17) is 0 Å². The van der Waals surface area contributed by atoms with Crippen molar-refractivity contribution >= 4 is 17.6 Å². The number of benzene rings is 2. The molecular formula is C22H23FN6O2. The Labute approximate surface area is 179 Å². The number of aryl methyl sites for hydroxylation is 1. The molecule has 160 valence electrons.